The maximum atomic E-state index is 11.9. The fourth-order valence-corrected chi connectivity index (χ4v) is 3.27. The van der Waals surface area contributed by atoms with Crippen LogP contribution in [0, 0.1) is 0 Å². The van der Waals surface area contributed by atoms with E-state index in [4.69, 9.17) is 4.74 Å². The van der Waals surface area contributed by atoms with E-state index in [9.17, 15) is 13.2 Å². The third-order valence-corrected chi connectivity index (χ3v) is 5.22. The van der Waals surface area contributed by atoms with Crippen LogP contribution in [0.5, 0.6) is 0 Å². The van der Waals surface area contributed by atoms with Crippen LogP contribution in [0.1, 0.15) is 25.3 Å². The lowest BCUT2D eigenvalue weighted by molar-refractivity contribution is 0.0860. The van der Waals surface area contributed by atoms with Crippen LogP contribution in [0.25, 0.3) is 0 Å². The van der Waals surface area contributed by atoms with Crippen LogP contribution in [0.3, 0.4) is 0 Å². The second kappa shape index (κ2) is 7.76. The van der Waals surface area contributed by atoms with Crippen LogP contribution in [0.4, 0.5) is 4.79 Å². The number of carbonyl (C=O) groups excluding carboxylic acids is 1. The van der Waals surface area contributed by atoms with Gasteiger partial charge in [0.15, 0.2) is 0 Å². The summed E-state index contributed by atoms with van der Waals surface area (Å²) in [5.41, 5.74) is 0.709. The molecule has 23 heavy (non-hydrogen) atoms. The molecule has 1 aliphatic rings. The molecule has 2 rings (SSSR count). The Morgan fingerprint density at radius 3 is 2.87 bits per heavy atom. The topological polar surface area (TPSA) is 96.5 Å². The normalized spacial score (nSPS) is 19.3. The molecule has 0 aromatic heterocycles. The molecule has 0 aliphatic carbocycles. The Morgan fingerprint density at radius 1 is 1.43 bits per heavy atom. The standard InChI is InChI=1S/C15H23N3O4S/c1-11(14-7-4-8-22-14)18-15(19)17-10-12-5-3-6-13(9-12)23(20,21)16-2/h3,5-6,9,11,14,16H,4,7-8,10H2,1-2H3,(H2,17,18,19)/t11-,14+/m1/s1. The lowest BCUT2D eigenvalue weighted by Gasteiger charge is -2.20. The molecule has 1 aromatic carbocycles. The molecule has 1 heterocycles. The monoisotopic (exact) mass is 341 g/mol. The molecular formula is C15H23N3O4S. The largest absolute Gasteiger partial charge is 0.376 e. The van der Waals surface area contributed by atoms with Crippen molar-refractivity contribution in [1.29, 1.82) is 0 Å². The SMILES string of the molecule is CNS(=O)(=O)c1cccc(CNC(=O)N[C@H](C)[C@@H]2CCCO2)c1. The minimum atomic E-state index is -3.48. The molecule has 1 saturated heterocycles. The van der Waals surface area contributed by atoms with E-state index in [2.05, 4.69) is 15.4 Å². The Bertz CT molecular complexity index is 642. The Hall–Kier alpha value is -1.64. The van der Waals surface area contributed by atoms with Crippen LogP contribution < -0.4 is 15.4 Å². The summed E-state index contributed by atoms with van der Waals surface area (Å²) < 4.78 is 31.3. The van der Waals surface area contributed by atoms with E-state index in [-0.39, 0.29) is 29.6 Å². The van der Waals surface area contributed by atoms with Gasteiger partial charge >= 0.3 is 6.03 Å². The number of nitrogens with one attached hydrogen (secondary N) is 3. The fraction of sp³-hybridized carbons (Fsp3) is 0.533. The van der Waals surface area contributed by atoms with Crippen molar-refractivity contribution in [3.8, 4) is 0 Å². The Morgan fingerprint density at radius 2 is 2.22 bits per heavy atom. The number of carbonyl (C=O) groups is 1. The summed E-state index contributed by atoms with van der Waals surface area (Å²) in [7, 11) is -2.12. The Balaban J connectivity index is 1.88. The zero-order chi connectivity index (χ0) is 16.9. The molecular weight excluding hydrogens is 318 g/mol. The lowest BCUT2D eigenvalue weighted by Crippen LogP contribution is -2.45. The van der Waals surface area contributed by atoms with Gasteiger partial charge in [-0.25, -0.2) is 17.9 Å². The summed E-state index contributed by atoms with van der Waals surface area (Å²) in [4.78, 5) is 12.1. The lowest BCUT2D eigenvalue weighted by atomic mass is 10.1. The quantitative estimate of drug-likeness (QED) is 0.718. The van der Waals surface area contributed by atoms with E-state index in [1.54, 1.807) is 12.1 Å². The van der Waals surface area contributed by atoms with Crippen molar-refractivity contribution in [1.82, 2.24) is 15.4 Å². The van der Waals surface area contributed by atoms with E-state index < -0.39 is 10.0 Å². The van der Waals surface area contributed by atoms with Crippen LogP contribution >= 0.6 is 0 Å². The molecule has 2 atom stereocenters. The Labute approximate surface area is 136 Å². The zero-order valence-electron chi connectivity index (χ0n) is 13.3. The maximum absolute atomic E-state index is 11.9. The number of ether oxygens (including phenoxy) is 1. The van der Waals surface area contributed by atoms with Crippen molar-refractivity contribution < 1.29 is 17.9 Å². The highest BCUT2D eigenvalue weighted by Crippen LogP contribution is 2.15. The van der Waals surface area contributed by atoms with Crippen LogP contribution in [-0.2, 0) is 21.3 Å². The third-order valence-electron chi connectivity index (χ3n) is 3.81. The van der Waals surface area contributed by atoms with Gasteiger partial charge in [-0.3, -0.25) is 0 Å². The minimum absolute atomic E-state index is 0.0600. The number of hydrogen-bond acceptors (Lipinski definition) is 4. The van der Waals surface area contributed by atoms with Crippen LogP contribution in [0.2, 0.25) is 0 Å². The van der Waals surface area contributed by atoms with Gasteiger partial charge in [-0.1, -0.05) is 12.1 Å². The highest BCUT2D eigenvalue weighted by atomic mass is 32.2. The summed E-state index contributed by atoms with van der Waals surface area (Å²) in [6, 6.07) is 6.10. The molecule has 0 spiro atoms. The minimum Gasteiger partial charge on any atom is -0.376 e. The first kappa shape index (κ1) is 17.7. The van der Waals surface area contributed by atoms with Gasteiger partial charge in [0.05, 0.1) is 17.0 Å². The molecule has 0 radical (unpaired) electrons. The molecule has 1 aromatic rings. The van der Waals surface area contributed by atoms with Crippen molar-refractivity contribution >= 4 is 16.1 Å². The second-order valence-corrected chi connectivity index (χ2v) is 7.41. The molecule has 0 bridgehead atoms. The first-order valence-corrected chi connectivity index (χ1v) is 9.09. The number of hydrogen-bond donors (Lipinski definition) is 3. The van der Waals surface area contributed by atoms with Crippen molar-refractivity contribution in [2.24, 2.45) is 0 Å². The highest BCUT2D eigenvalue weighted by Gasteiger charge is 2.23. The highest BCUT2D eigenvalue weighted by molar-refractivity contribution is 7.89. The van der Waals surface area contributed by atoms with Crippen LogP contribution in [0.15, 0.2) is 29.2 Å². The molecule has 3 N–H and O–H groups in total. The predicted molar refractivity (Wildman–Crippen MR) is 86.5 cm³/mol. The molecule has 0 saturated carbocycles. The number of benzene rings is 1. The van der Waals surface area contributed by atoms with Gasteiger partial charge in [0, 0.05) is 13.2 Å². The summed E-state index contributed by atoms with van der Waals surface area (Å²) in [5.74, 6) is 0. The average molecular weight is 341 g/mol. The van der Waals surface area contributed by atoms with E-state index in [0.29, 0.717) is 5.56 Å². The maximum Gasteiger partial charge on any atom is 0.315 e. The van der Waals surface area contributed by atoms with Gasteiger partial charge in [-0.15, -0.1) is 0 Å². The second-order valence-electron chi connectivity index (χ2n) is 5.52. The van der Waals surface area contributed by atoms with E-state index in [1.165, 1.54) is 19.2 Å². The molecule has 128 valence electrons. The summed E-state index contributed by atoms with van der Waals surface area (Å²) in [6.07, 6.45) is 2.03. The summed E-state index contributed by atoms with van der Waals surface area (Å²) in [5, 5.41) is 5.57. The molecule has 7 nitrogen and oxygen atoms in total. The van der Waals surface area contributed by atoms with Gasteiger partial charge in [0.2, 0.25) is 10.0 Å². The fourth-order valence-electron chi connectivity index (χ4n) is 2.47. The van der Waals surface area contributed by atoms with Crippen molar-refractivity contribution in [2.75, 3.05) is 13.7 Å². The molecule has 0 unspecified atom stereocenters. The number of amides is 2. The zero-order valence-corrected chi connectivity index (χ0v) is 14.2. The van der Waals surface area contributed by atoms with E-state index in [0.717, 1.165) is 19.4 Å². The summed E-state index contributed by atoms with van der Waals surface area (Å²) >= 11 is 0. The van der Waals surface area contributed by atoms with E-state index in [1.807, 2.05) is 6.92 Å². The van der Waals surface area contributed by atoms with Gasteiger partial charge < -0.3 is 15.4 Å². The van der Waals surface area contributed by atoms with Crippen molar-refractivity contribution in [3.63, 3.8) is 0 Å². The third kappa shape index (κ3) is 4.92. The molecule has 1 fully saturated rings. The molecule has 1 aliphatic heterocycles. The van der Waals surface area contributed by atoms with Crippen LogP contribution in [-0.4, -0.2) is 40.2 Å². The smallest absolute Gasteiger partial charge is 0.315 e. The van der Waals surface area contributed by atoms with Gasteiger partial charge in [0.25, 0.3) is 0 Å². The first-order chi connectivity index (χ1) is 10.9. The van der Waals surface area contributed by atoms with Crippen molar-refractivity contribution in [3.05, 3.63) is 29.8 Å². The first-order valence-electron chi connectivity index (χ1n) is 7.61. The number of sulfonamides is 1. The average Bonchev–Trinajstić information content (AvgIpc) is 3.08. The van der Waals surface area contributed by atoms with Crippen molar-refractivity contribution in [2.45, 2.75) is 43.4 Å². The summed E-state index contributed by atoms with van der Waals surface area (Å²) in [6.45, 7) is 2.90. The van der Waals surface area contributed by atoms with Gasteiger partial charge in [-0.05, 0) is 44.5 Å². The molecule has 2 amide bonds. The number of rotatable bonds is 6. The molecule has 8 heteroatoms. The number of urea groups is 1. The van der Waals surface area contributed by atoms with Gasteiger partial charge in [0.1, 0.15) is 0 Å². The van der Waals surface area contributed by atoms with Gasteiger partial charge in [-0.2, -0.15) is 0 Å². The Kier molecular flexibility index (Phi) is 5.97. The predicted octanol–water partition coefficient (Wildman–Crippen LogP) is 0.961. The van der Waals surface area contributed by atoms with E-state index >= 15 is 0 Å².